The molecule has 0 saturated heterocycles. The smallest absolute Gasteiger partial charge is 0.250 e. The lowest BCUT2D eigenvalue weighted by atomic mass is 9.97. The molecule has 0 radical (unpaired) electrons. The maximum Gasteiger partial charge on any atom is 0.250 e. The fourth-order valence-electron chi connectivity index (χ4n) is 3.41. The predicted molar refractivity (Wildman–Crippen MR) is 104 cm³/mol. The normalized spacial score (nSPS) is 16.5. The summed E-state index contributed by atoms with van der Waals surface area (Å²) in [5.41, 5.74) is 9.48. The molecule has 1 aliphatic rings. The van der Waals surface area contributed by atoms with Gasteiger partial charge in [-0.25, -0.2) is 8.42 Å². The first-order chi connectivity index (χ1) is 12.7. The van der Waals surface area contributed by atoms with Crippen LogP contribution in [0.15, 0.2) is 35.2 Å². The standard InChI is InChI=1S/C20H25N3O3S/c1-4-27(25,26)15-7-5-13(6-8-15)9-17-16(20(21)24)10-14-11-22-18(12(2)3)19(14)23-17/h5-8,10,12,18,22H,4,9,11H2,1-3H3,(H2,21,24). The van der Waals surface area contributed by atoms with Crippen molar-refractivity contribution in [1.29, 1.82) is 0 Å². The van der Waals surface area contributed by atoms with Gasteiger partial charge in [0.15, 0.2) is 9.84 Å². The minimum absolute atomic E-state index is 0.0636. The van der Waals surface area contributed by atoms with E-state index >= 15 is 0 Å². The van der Waals surface area contributed by atoms with Crippen LogP contribution in [0, 0.1) is 5.92 Å². The SMILES string of the molecule is CCS(=O)(=O)c1ccc(Cc2nc3c(cc2C(N)=O)CNC3C(C)C)cc1. The van der Waals surface area contributed by atoms with Crippen LogP contribution in [0.1, 0.15) is 59.7 Å². The van der Waals surface area contributed by atoms with Crippen LogP contribution in [0.4, 0.5) is 0 Å². The Labute approximate surface area is 160 Å². The average Bonchev–Trinajstić information content (AvgIpc) is 3.04. The number of carbonyl (C=O) groups is 1. The quantitative estimate of drug-likeness (QED) is 0.792. The molecular formula is C20H25N3O3S. The molecule has 1 amide bonds. The number of hydrogen-bond donors (Lipinski definition) is 2. The van der Waals surface area contributed by atoms with Crippen LogP contribution in [0.3, 0.4) is 0 Å². The Morgan fingerprint density at radius 2 is 1.96 bits per heavy atom. The first-order valence-electron chi connectivity index (χ1n) is 9.10. The molecule has 1 aromatic carbocycles. The number of hydrogen-bond acceptors (Lipinski definition) is 5. The van der Waals surface area contributed by atoms with E-state index in [1.54, 1.807) is 31.2 Å². The van der Waals surface area contributed by atoms with Crippen molar-refractivity contribution >= 4 is 15.7 Å². The molecule has 2 aromatic rings. The van der Waals surface area contributed by atoms with Crippen LogP contribution in [0.2, 0.25) is 0 Å². The Kier molecular flexibility index (Phi) is 5.35. The second-order valence-corrected chi connectivity index (χ2v) is 9.50. The summed E-state index contributed by atoms with van der Waals surface area (Å²) < 4.78 is 23.9. The van der Waals surface area contributed by atoms with Crippen LogP contribution in [0.25, 0.3) is 0 Å². The molecule has 1 aromatic heterocycles. The highest BCUT2D eigenvalue weighted by atomic mass is 32.2. The minimum atomic E-state index is -3.23. The van der Waals surface area contributed by atoms with Crippen LogP contribution < -0.4 is 11.1 Å². The summed E-state index contributed by atoms with van der Waals surface area (Å²) >= 11 is 0. The predicted octanol–water partition coefficient (Wildman–Crippen LogP) is 2.37. The molecule has 1 aliphatic heterocycles. The van der Waals surface area contributed by atoms with Crippen LogP contribution in [0.5, 0.6) is 0 Å². The van der Waals surface area contributed by atoms with Gasteiger partial charge in [-0.05, 0) is 35.2 Å². The number of amides is 1. The summed E-state index contributed by atoms with van der Waals surface area (Å²) in [4.78, 5) is 17.0. The first kappa shape index (κ1) is 19.5. The summed E-state index contributed by atoms with van der Waals surface area (Å²) in [5, 5.41) is 3.43. The lowest BCUT2D eigenvalue weighted by Crippen LogP contribution is -2.20. The van der Waals surface area contributed by atoms with E-state index in [4.69, 9.17) is 10.7 Å². The van der Waals surface area contributed by atoms with Gasteiger partial charge in [-0.3, -0.25) is 9.78 Å². The van der Waals surface area contributed by atoms with Crippen LogP contribution >= 0.6 is 0 Å². The van der Waals surface area contributed by atoms with Crippen molar-refractivity contribution in [3.8, 4) is 0 Å². The molecule has 0 fully saturated rings. The van der Waals surface area contributed by atoms with E-state index in [1.165, 1.54) is 0 Å². The van der Waals surface area contributed by atoms with Gasteiger partial charge in [-0.15, -0.1) is 0 Å². The molecule has 6 nitrogen and oxygen atoms in total. The zero-order valence-corrected chi connectivity index (χ0v) is 16.6. The highest BCUT2D eigenvalue weighted by molar-refractivity contribution is 7.91. The summed E-state index contributed by atoms with van der Waals surface area (Å²) in [6.45, 7) is 6.55. The summed E-state index contributed by atoms with van der Waals surface area (Å²) in [7, 11) is -3.23. The molecule has 1 unspecified atom stereocenters. The van der Waals surface area contributed by atoms with Crippen molar-refractivity contribution in [2.75, 3.05) is 5.75 Å². The minimum Gasteiger partial charge on any atom is -0.366 e. The number of benzene rings is 1. The van der Waals surface area contributed by atoms with Gasteiger partial charge in [-0.2, -0.15) is 0 Å². The van der Waals surface area contributed by atoms with Crippen molar-refractivity contribution in [3.05, 3.63) is 58.4 Å². The van der Waals surface area contributed by atoms with E-state index in [9.17, 15) is 13.2 Å². The second kappa shape index (κ2) is 7.40. The third kappa shape index (κ3) is 3.89. The molecular weight excluding hydrogens is 362 g/mol. The molecule has 0 aliphatic carbocycles. The molecule has 0 bridgehead atoms. The first-order valence-corrected chi connectivity index (χ1v) is 10.8. The van der Waals surface area contributed by atoms with Crippen molar-refractivity contribution < 1.29 is 13.2 Å². The number of aromatic nitrogens is 1. The molecule has 144 valence electrons. The maximum atomic E-state index is 12.0. The lowest BCUT2D eigenvalue weighted by molar-refractivity contribution is 0.0999. The number of nitrogens with zero attached hydrogens (tertiary/aromatic N) is 1. The van der Waals surface area contributed by atoms with Gasteiger partial charge in [-0.1, -0.05) is 32.9 Å². The number of nitrogens with one attached hydrogen (secondary N) is 1. The Bertz CT molecular complexity index is 967. The van der Waals surface area contributed by atoms with E-state index in [-0.39, 0.29) is 11.8 Å². The molecule has 27 heavy (non-hydrogen) atoms. The Balaban J connectivity index is 1.97. The van der Waals surface area contributed by atoms with Crippen molar-refractivity contribution in [2.45, 2.75) is 44.7 Å². The van der Waals surface area contributed by atoms with Gasteiger partial charge in [0.05, 0.1) is 33.6 Å². The Hall–Kier alpha value is -2.25. The molecule has 1 atom stereocenters. The number of nitrogens with two attached hydrogens (primary N) is 1. The second-order valence-electron chi connectivity index (χ2n) is 7.22. The highest BCUT2D eigenvalue weighted by Gasteiger charge is 2.28. The number of fused-ring (bicyclic) bond motifs is 1. The van der Waals surface area contributed by atoms with E-state index < -0.39 is 15.7 Å². The summed E-state index contributed by atoms with van der Waals surface area (Å²) in [6.07, 6.45) is 0.419. The average molecular weight is 388 g/mol. The number of pyridine rings is 1. The maximum absolute atomic E-state index is 12.0. The molecule has 3 rings (SSSR count). The van der Waals surface area contributed by atoms with Crippen molar-refractivity contribution in [3.63, 3.8) is 0 Å². The van der Waals surface area contributed by atoms with Crippen LogP contribution in [-0.4, -0.2) is 25.1 Å². The lowest BCUT2D eigenvalue weighted by Gasteiger charge is -2.17. The van der Waals surface area contributed by atoms with Gasteiger partial charge in [0.2, 0.25) is 0 Å². The number of primary amides is 1. The molecule has 0 saturated carbocycles. The molecule has 2 heterocycles. The zero-order chi connectivity index (χ0) is 19.8. The van der Waals surface area contributed by atoms with Gasteiger partial charge >= 0.3 is 0 Å². The van der Waals surface area contributed by atoms with Gasteiger partial charge in [0.1, 0.15) is 0 Å². The largest absolute Gasteiger partial charge is 0.366 e. The summed E-state index contributed by atoms with van der Waals surface area (Å²) in [5.74, 6) is -0.0586. The fraction of sp³-hybridized carbons (Fsp3) is 0.400. The van der Waals surface area contributed by atoms with Crippen molar-refractivity contribution in [1.82, 2.24) is 10.3 Å². The third-order valence-corrected chi connectivity index (χ3v) is 6.74. The molecule has 0 spiro atoms. The van der Waals surface area contributed by atoms with E-state index in [2.05, 4.69) is 19.2 Å². The third-order valence-electron chi connectivity index (χ3n) is 4.99. The van der Waals surface area contributed by atoms with E-state index in [0.29, 0.717) is 35.0 Å². The van der Waals surface area contributed by atoms with Gasteiger partial charge in [0, 0.05) is 13.0 Å². The topological polar surface area (TPSA) is 102 Å². The summed E-state index contributed by atoms with van der Waals surface area (Å²) in [6, 6.07) is 8.72. The Morgan fingerprint density at radius 1 is 1.30 bits per heavy atom. The highest BCUT2D eigenvalue weighted by Crippen LogP contribution is 2.31. The van der Waals surface area contributed by atoms with Gasteiger partial charge < -0.3 is 11.1 Å². The van der Waals surface area contributed by atoms with Gasteiger partial charge in [0.25, 0.3) is 5.91 Å². The molecule has 3 N–H and O–H groups in total. The van der Waals surface area contributed by atoms with Crippen LogP contribution in [-0.2, 0) is 22.8 Å². The number of rotatable bonds is 6. The zero-order valence-electron chi connectivity index (χ0n) is 15.8. The monoisotopic (exact) mass is 387 g/mol. The van der Waals surface area contributed by atoms with E-state index in [0.717, 1.165) is 16.8 Å². The Morgan fingerprint density at radius 3 is 2.52 bits per heavy atom. The fourth-order valence-corrected chi connectivity index (χ4v) is 4.29. The molecule has 7 heteroatoms. The van der Waals surface area contributed by atoms with Crippen molar-refractivity contribution in [2.24, 2.45) is 11.7 Å². The number of sulfone groups is 1. The van der Waals surface area contributed by atoms with E-state index in [1.807, 2.05) is 6.07 Å². The number of carbonyl (C=O) groups excluding carboxylic acids is 1.